The molecule has 0 radical (unpaired) electrons. The third-order valence-corrected chi connectivity index (χ3v) is 2.36. The van der Waals surface area contributed by atoms with Crippen molar-refractivity contribution in [2.75, 3.05) is 13.2 Å². The van der Waals surface area contributed by atoms with E-state index in [1.165, 1.54) is 12.7 Å². The van der Waals surface area contributed by atoms with Gasteiger partial charge in [-0.2, -0.15) is 0 Å². The van der Waals surface area contributed by atoms with Crippen molar-refractivity contribution in [3.8, 4) is 0 Å². The van der Waals surface area contributed by atoms with Gasteiger partial charge in [-0.25, -0.2) is 5.48 Å². The average Bonchev–Trinajstić information content (AvgIpc) is 2.90. The molecule has 1 saturated heterocycles. The van der Waals surface area contributed by atoms with Crippen LogP contribution < -0.4 is 10.8 Å². The Morgan fingerprint density at radius 3 is 3.33 bits per heavy atom. The quantitative estimate of drug-likeness (QED) is 0.718. The van der Waals surface area contributed by atoms with Gasteiger partial charge in [-0.15, -0.1) is 0 Å². The minimum Gasteiger partial charge on any atom is -0.459 e. The molecule has 5 nitrogen and oxygen atoms in total. The molecule has 2 N–H and O–H groups in total. The van der Waals surface area contributed by atoms with Crippen LogP contribution in [0.1, 0.15) is 23.4 Å². The van der Waals surface area contributed by atoms with Crippen LogP contribution in [-0.4, -0.2) is 25.1 Å². The highest BCUT2D eigenvalue weighted by Crippen LogP contribution is 2.04. The van der Waals surface area contributed by atoms with Gasteiger partial charge in [-0.05, 0) is 31.5 Å². The van der Waals surface area contributed by atoms with Gasteiger partial charge in [0.05, 0.1) is 12.9 Å². The lowest BCUT2D eigenvalue weighted by atomic mass is 10.2. The van der Waals surface area contributed by atoms with Gasteiger partial charge in [0.1, 0.15) is 0 Å². The van der Waals surface area contributed by atoms with E-state index in [1.54, 1.807) is 12.1 Å². The summed E-state index contributed by atoms with van der Waals surface area (Å²) in [7, 11) is 0. The molecule has 0 aromatic carbocycles. The minimum absolute atomic E-state index is 0.259. The Hall–Kier alpha value is -1.33. The first-order valence-electron chi connectivity index (χ1n) is 5.05. The number of hydroxylamine groups is 1. The van der Waals surface area contributed by atoms with Gasteiger partial charge < -0.3 is 9.73 Å². The van der Waals surface area contributed by atoms with E-state index in [-0.39, 0.29) is 11.7 Å². The van der Waals surface area contributed by atoms with Crippen LogP contribution in [0.3, 0.4) is 0 Å². The fourth-order valence-electron chi connectivity index (χ4n) is 1.56. The topological polar surface area (TPSA) is 63.5 Å². The maximum atomic E-state index is 11.3. The fourth-order valence-corrected chi connectivity index (χ4v) is 1.56. The maximum absolute atomic E-state index is 11.3. The summed E-state index contributed by atoms with van der Waals surface area (Å²) in [6.45, 7) is 1.52. The molecule has 15 heavy (non-hydrogen) atoms. The van der Waals surface area contributed by atoms with Crippen molar-refractivity contribution < 1.29 is 14.0 Å². The molecule has 0 saturated carbocycles. The van der Waals surface area contributed by atoms with Gasteiger partial charge in [-0.3, -0.25) is 9.63 Å². The highest BCUT2D eigenvalue weighted by Gasteiger charge is 2.15. The average molecular weight is 210 g/mol. The number of hydrogen-bond donors (Lipinski definition) is 2. The first kappa shape index (κ1) is 10.2. The molecule has 1 atom stereocenters. The predicted octanol–water partition coefficient (Wildman–Crippen LogP) is 0.693. The summed E-state index contributed by atoms with van der Waals surface area (Å²) in [6, 6.07) is 3.60. The van der Waals surface area contributed by atoms with Crippen molar-refractivity contribution in [1.29, 1.82) is 0 Å². The van der Waals surface area contributed by atoms with Gasteiger partial charge in [0.15, 0.2) is 5.76 Å². The summed E-state index contributed by atoms with van der Waals surface area (Å²) in [4.78, 5) is 16.4. The van der Waals surface area contributed by atoms with Gasteiger partial charge in [0.25, 0.3) is 0 Å². The first-order chi connectivity index (χ1) is 7.36. The maximum Gasteiger partial charge on any atom is 0.310 e. The normalized spacial score (nSPS) is 20.4. The minimum atomic E-state index is -0.349. The van der Waals surface area contributed by atoms with E-state index in [9.17, 15) is 4.79 Å². The summed E-state index contributed by atoms with van der Waals surface area (Å²) in [6.07, 6.45) is 3.71. The van der Waals surface area contributed by atoms with E-state index < -0.39 is 0 Å². The van der Waals surface area contributed by atoms with E-state index in [4.69, 9.17) is 9.25 Å². The van der Waals surface area contributed by atoms with Crippen LogP contribution in [0.5, 0.6) is 0 Å². The number of carbonyl (C=O) groups excluding carboxylic acids is 1. The highest BCUT2D eigenvalue weighted by atomic mass is 16.7. The van der Waals surface area contributed by atoms with Crippen molar-refractivity contribution in [2.24, 2.45) is 0 Å². The van der Waals surface area contributed by atoms with Crippen LogP contribution in [-0.2, 0) is 4.84 Å². The number of hydrogen-bond acceptors (Lipinski definition) is 4. The molecular formula is C10H14N2O3. The van der Waals surface area contributed by atoms with Gasteiger partial charge >= 0.3 is 5.91 Å². The zero-order valence-electron chi connectivity index (χ0n) is 8.36. The monoisotopic (exact) mass is 210 g/mol. The molecule has 82 valence electrons. The first-order valence-corrected chi connectivity index (χ1v) is 5.05. The molecule has 1 aliphatic heterocycles. The van der Waals surface area contributed by atoms with E-state index in [0.29, 0.717) is 12.6 Å². The number of amides is 1. The van der Waals surface area contributed by atoms with Crippen molar-refractivity contribution in [2.45, 2.75) is 18.9 Å². The summed E-state index contributed by atoms with van der Waals surface area (Å²) in [5.41, 5.74) is 2.34. The molecule has 2 heterocycles. The molecule has 0 spiro atoms. The van der Waals surface area contributed by atoms with Crippen molar-refractivity contribution >= 4 is 5.91 Å². The summed E-state index contributed by atoms with van der Waals surface area (Å²) in [5, 5.41) is 3.27. The largest absolute Gasteiger partial charge is 0.459 e. The van der Waals surface area contributed by atoms with Crippen LogP contribution >= 0.6 is 0 Å². The number of rotatable bonds is 4. The number of furan rings is 1. The second-order valence-electron chi connectivity index (χ2n) is 3.51. The van der Waals surface area contributed by atoms with E-state index in [1.807, 2.05) is 0 Å². The smallest absolute Gasteiger partial charge is 0.310 e. The summed E-state index contributed by atoms with van der Waals surface area (Å²) in [5.74, 6) is -0.0904. The Kier molecular flexibility index (Phi) is 3.37. The number of nitrogens with one attached hydrogen (secondary N) is 2. The molecule has 1 unspecified atom stereocenters. The molecular weight excluding hydrogens is 196 g/mol. The third-order valence-electron chi connectivity index (χ3n) is 2.36. The second-order valence-corrected chi connectivity index (χ2v) is 3.51. The number of carbonyl (C=O) groups is 1. The Balaban J connectivity index is 1.67. The van der Waals surface area contributed by atoms with E-state index >= 15 is 0 Å². The second kappa shape index (κ2) is 4.95. The van der Waals surface area contributed by atoms with Crippen LogP contribution in [0.4, 0.5) is 0 Å². The SMILES string of the molecule is O=C(NOCC1CCCN1)c1ccco1. The van der Waals surface area contributed by atoms with E-state index in [2.05, 4.69) is 10.8 Å². The standard InChI is InChI=1S/C10H14N2O3/c13-10(9-4-2-6-14-9)12-15-7-8-3-1-5-11-8/h2,4,6,8,11H,1,3,5,7H2,(H,12,13). The van der Waals surface area contributed by atoms with Crippen molar-refractivity contribution in [1.82, 2.24) is 10.8 Å². The third kappa shape index (κ3) is 2.81. The molecule has 1 aromatic rings. The zero-order chi connectivity index (χ0) is 10.5. The van der Waals surface area contributed by atoms with Crippen LogP contribution in [0.25, 0.3) is 0 Å². The summed E-state index contributed by atoms with van der Waals surface area (Å²) >= 11 is 0. The molecule has 1 amide bonds. The molecule has 1 aromatic heterocycles. The summed E-state index contributed by atoms with van der Waals surface area (Å²) < 4.78 is 4.91. The van der Waals surface area contributed by atoms with Crippen molar-refractivity contribution in [3.05, 3.63) is 24.2 Å². The lowest BCUT2D eigenvalue weighted by Gasteiger charge is -2.09. The Morgan fingerprint density at radius 2 is 2.67 bits per heavy atom. The van der Waals surface area contributed by atoms with Gasteiger partial charge in [-0.1, -0.05) is 0 Å². The molecule has 0 bridgehead atoms. The van der Waals surface area contributed by atoms with Crippen LogP contribution in [0.15, 0.2) is 22.8 Å². The Labute approximate surface area is 87.7 Å². The van der Waals surface area contributed by atoms with Crippen LogP contribution in [0, 0.1) is 0 Å². The highest BCUT2D eigenvalue weighted by molar-refractivity contribution is 5.90. The van der Waals surface area contributed by atoms with Crippen molar-refractivity contribution in [3.63, 3.8) is 0 Å². The molecule has 5 heteroatoms. The zero-order valence-corrected chi connectivity index (χ0v) is 8.36. The fraction of sp³-hybridized carbons (Fsp3) is 0.500. The molecule has 1 fully saturated rings. The van der Waals surface area contributed by atoms with Gasteiger partial charge in [0.2, 0.25) is 0 Å². The van der Waals surface area contributed by atoms with Gasteiger partial charge in [0, 0.05) is 6.04 Å². The van der Waals surface area contributed by atoms with Crippen LogP contribution in [0.2, 0.25) is 0 Å². The Bertz CT molecular complexity index is 304. The lowest BCUT2D eigenvalue weighted by molar-refractivity contribution is 0.0222. The Morgan fingerprint density at radius 1 is 1.73 bits per heavy atom. The molecule has 1 aliphatic rings. The van der Waals surface area contributed by atoms with E-state index in [0.717, 1.165) is 13.0 Å². The molecule has 0 aliphatic carbocycles. The molecule has 2 rings (SSSR count). The lowest BCUT2D eigenvalue weighted by Crippen LogP contribution is -2.32. The predicted molar refractivity (Wildman–Crippen MR) is 53.2 cm³/mol.